The quantitative estimate of drug-likeness (QED) is 0.532. The molecule has 0 atom stereocenters. The summed E-state index contributed by atoms with van der Waals surface area (Å²) in [6, 6.07) is 14.6. The summed E-state index contributed by atoms with van der Waals surface area (Å²) in [6.45, 7) is 0. The zero-order valence-corrected chi connectivity index (χ0v) is 10.4. The highest BCUT2D eigenvalue weighted by Gasteiger charge is 2.09. The predicted octanol–water partition coefficient (Wildman–Crippen LogP) is 3.91. The van der Waals surface area contributed by atoms with E-state index in [1.807, 2.05) is 36.4 Å². The summed E-state index contributed by atoms with van der Waals surface area (Å²) in [6.07, 6.45) is 3.42. The van der Waals surface area contributed by atoms with Crippen LogP contribution in [0.15, 0.2) is 52.9 Å². The third-order valence-corrected chi connectivity index (χ3v) is 2.83. The van der Waals surface area contributed by atoms with Crippen LogP contribution in [0, 0.1) is 10.1 Å². The monoisotopic (exact) mass is 266 g/mol. The second-order valence-corrected chi connectivity index (χ2v) is 4.20. The summed E-state index contributed by atoms with van der Waals surface area (Å²) >= 11 is 0. The minimum Gasteiger partial charge on any atom is -0.401 e. The Morgan fingerprint density at radius 3 is 2.70 bits per heavy atom. The van der Waals surface area contributed by atoms with E-state index in [-0.39, 0.29) is 5.88 Å². The second-order valence-electron chi connectivity index (χ2n) is 4.20. The van der Waals surface area contributed by atoms with Crippen LogP contribution in [0.2, 0.25) is 0 Å². The Hall–Kier alpha value is -2.95. The highest BCUT2D eigenvalue weighted by atomic mass is 16.6. The first-order valence-electron chi connectivity index (χ1n) is 6.00. The molecule has 0 aliphatic carbocycles. The molecule has 0 spiro atoms. The van der Waals surface area contributed by atoms with Gasteiger partial charge in [-0.1, -0.05) is 24.3 Å². The number of para-hydroxylation sites is 1. The molecular weight excluding hydrogens is 256 g/mol. The van der Waals surface area contributed by atoms with Crippen LogP contribution in [0.4, 0.5) is 5.88 Å². The van der Waals surface area contributed by atoms with Crippen LogP contribution in [0.1, 0.15) is 11.5 Å². The highest BCUT2D eigenvalue weighted by molar-refractivity contribution is 5.80. The lowest BCUT2D eigenvalue weighted by atomic mass is 10.2. The van der Waals surface area contributed by atoms with Crippen molar-refractivity contribution in [2.45, 2.75) is 0 Å². The van der Waals surface area contributed by atoms with Crippen LogP contribution in [-0.2, 0) is 0 Å². The van der Waals surface area contributed by atoms with E-state index in [0.29, 0.717) is 5.76 Å². The average molecular weight is 266 g/mol. The molecule has 0 radical (unpaired) electrons. The summed E-state index contributed by atoms with van der Waals surface area (Å²) in [5, 5.41) is 11.6. The number of aromatic nitrogens is 1. The number of hydrogen-bond acceptors (Lipinski definition) is 4. The SMILES string of the molecule is O=[N+]([O-])c1ccc(/C=C/c2ccc3ccccc3n2)o1. The van der Waals surface area contributed by atoms with Crippen molar-refractivity contribution in [2.24, 2.45) is 0 Å². The van der Waals surface area contributed by atoms with Crippen molar-refractivity contribution in [1.82, 2.24) is 4.98 Å². The van der Waals surface area contributed by atoms with Crippen LogP contribution >= 0.6 is 0 Å². The molecule has 20 heavy (non-hydrogen) atoms. The fraction of sp³-hybridized carbons (Fsp3) is 0. The molecular formula is C15H10N2O3. The summed E-state index contributed by atoms with van der Waals surface area (Å²) in [5.41, 5.74) is 1.67. The lowest BCUT2D eigenvalue weighted by Gasteiger charge is -1.97. The van der Waals surface area contributed by atoms with Gasteiger partial charge in [0.1, 0.15) is 10.7 Å². The summed E-state index contributed by atoms with van der Waals surface area (Å²) in [7, 11) is 0. The van der Waals surface area contributed by atoms with Gasteiger partial charge in [0.2, 0.25) is 0 Å². The zero-order chi connectivity index (χ0) is 13.9. The number of furan rings is 1. The largest absolute Gasteiger partial charge is 0.433 e. The molecule has 0 saturated heterocycles. The maximum absolute atomic E-state index is 10.5. The molecule has 2 aromatic heterocycles. The number of nitrogens with zero attached hydrogens (tertiary/aromatic N) is 2. The van der Waals surface area contributed by atoms with Crippen molar-refractivity contribution in [3.05, 3.63) is 70.1 Å². The molecule has 0 N–H and O–H groups in total. The van der Waals surface area contributed by atoms with Crippen molar-refractivity contribution in [1.29, 1.82) is 0 Å². The normalized spacial score (nSPS) is 11.2. The van der Waals surface area contributed by atoms with Gasteiger partial charge in [-0.15, -0.1) is 0 Å². The topological polar surface area (TPSA) is 69.2 Å². The lowest BCUT2D eigenvalue weighted by Crippen LogP contribution is -1.83. The van der Waals surface area contributed by atoms with Crippen LogP contribution in [0.25, 0.3) is 23.1 Å². The van der Waals surface area contributed by atoms with Gasteiger partial charge >= 0.3 is 5.88 Å². The van der Waals surface area contributed by atoms with Crippen LogP contribution in [0.5, 0.6) is 0 Å². The Bertz CT molecular complexity index is 805. The van der Waals surface area contributed by atoms with E-state index in [4.69, 9.17) is 4.42 Å². The van der Waals surface area contributed by atoms with E-state index >= 15 is 0 Å². The molecule has 1 aromatic carbocycles. The van der Waals surface area contributed by atoms with Gasteiger partial charge in [0.15, 0.2) is 0 Å². The fourth-order valence-corrected chi connectivity index (χ4v) is 1.87. The van der Waals surface area contributed by atoms with Gasteiger partial charge < -0.3 is 4.42 Å². The van der Waals surface area contributed by atoms with Crippen LogP contribution in [0.3, 0.4) is 0 Å². The Morgan fingerprint density at radius 1 is 1.05 bits per heavy atom. The Morgan fingerprint density at radius 2 is 1.90 bits per heavy atom. The smallest absolute Gasteiger partial charge is 0.401 e. The van der Waals surface area contributed by atoms with E-state index in [9.17, 15) is 10.1 Å². The summed E-state index contributed by atoms with van der Waals surface area (Å²) in [5.74, 6) is 0.155. The van der Waals surface area contributed by atoms with Gasteiger partial charge in [-0.3, -0.25) is 10.1 Å². The van der Waals surface area contributed by atoms with Crippen molar-refractivity contribution >= 4 is 28.9 Å². The maximum Gasteiger partial charge on any atom is 0.433 e. The molecule has 0 unspecified atom stereocenters. The molecule has 0 amide bonds. The zero-order valence-electron chi connectivity index (χ0n) is 10.4. The fourth-order valence-electron chi connectivity index (χ4n) is 1.87. The Balaban J connectivity index is 1.87. The van der Waals surface area contributed by atoms with Crippen LogP contribution < -0.4 is 0 Å². The molecule has 3 rings (SSSR count). The minimum absolute atomic E-state index is 0.267. The molecule has 0 bridgehead atoms. The van der Waals surface area contributed by atoms with Gasteiger partial charge in [0.25, 0.3) is 0 Å². The molecule has 3 aromatic rings. The molecule has 5 heteroatoms. The molecule has 98 valence electrons. The van der Waals surface area contributed by atoms with Crippen molar-refractivity contribution in [3.8, 4) is 0 Å². The first-order chi connectivity index (χ1) is 9.72. The van der Waals surface area contributed by atoms with Gasteiger partial charge in [-0.2, -0.15) is 0 Å². The van der Waals surface area contributed by atoms with E-state index < -0.39 is 4.92 Å². The summed E-state index contributed by atoms with van der Waals surface area (Å²) in [4.78, 5) is 14.4. The van der Waals surface area contributed by atoms with Crippen molar-refractivity contribution in [2.75, 3.05) is 0 Å². The number of nitro groups is 1. The van der Waals surface area contributed by atoms with Gasteiger partial charge in [0, 0.05) is 5.39 Å². The number of rotatable bonds is 3. The van der Waals surface area contributed by atoms with Crippen LogP contribution in [-0.4, -0.2) is 9.91 Å². The average Bonchev–Trinajstić information content (AvgIpc) is 2.94. The first kappa shape index (κ1) is 12.1. The minimum atomic E-state index is -0.564. The number of hydrogen-bond donors (Lipinski definition) is 0. The van der Waals surface area contributed by atoms with E-state index in [1.165, 1.54) is 6.07 Å². The van der Waals surface area contributed by atoms with Gasteiger partial charge in [-0.25, -0.2) is 4.98 Å². The molecule has 0 aliphatic heterocycles. The number of pyridine rings is 1. The van der Waals surface area contributed by atoms with Crippen molar-refractivity contribution in [3.63, 3.8) is 0 Å². The summed E-state index contributed by atoms with van der Waals surface area (Å²) < 4.78 is 5.04. The molecule has 0 saturated carbocycles. The van der Waals surface area contributed by atoms with Crippen molar-refractivity contribution < 1.29 is 9.34 Å². The standard InChI is InChI=1S/C15H10N2O3/c18-17(19)15-10-9-13(20-15)8-7-12-6-5-11-3-1-2-4-14(11)16-12/h1-10H/b8-7+. The number of fused-ring (bicyclic) bond motifs is 1. The highest BCUT2D eigenvalue weighted by Crippen LogP contribution is 2.18. The second kappa shape index (κ2) is 4.97. The van der Waals surface area contributed by atoms with Gasteiger partial charge in [0.05, 0.1) is 17.3 Å². The molecule has 0 fully saturated rings. The maximum atomic E-state index is 10.5. The van der Waals surface area contributed by atoms with Gasteiger partial charge in [-0.05, 0) is 30.4 Å². The third kappa shape index (κ3) is 2.42. The number of benzene rings is 1. The third-order valence-electron chi connectivity index (χ3n) is 2.83. The van der Waals surface area contributed by atoms with E-state index in [2.05, 4.69) is 4.98 Å². The molecule has 0 aliphatic rings. The lowest BCUT2D eigenvalue weighted by molar-refractivity contribution is -0.402. The molecule has 2 heterocycles. The van der Waals surface area contributed by atoms with E-state index in [0.717, 1.165) is 16.6 Å². The first-order valence-corrected chi connectivity index (χ1v) is 6.00. The predicted molar refractivity (Wildman–Crippen MR) is 76.0 cm³/mol. The Labute approximate surface area is 114 Å². The van der Waals surface area contributed by atoms with E-state index in [1.54, 1.807) is 18.2 Å². The Kier molecular flexibility index (Phi) is 3.01. The molecule has 5 nitrogen and oxygen atoms in total.